The number of carbonyl (C=O) groups excluding carboxylic acids is 2. The van der Waals surface area contributed by atoms with Gasteiger partial charge in [0.15, 0.2) is 0 Å². The van der Waals surface area contributed by atoms with E-state index in [0.717, 1.165) is 30.6 Å². The zero-order chi connectivity index (χ0) is 24.6. The molecule has 2 bridgehead atoms. The van der Waals surface area contributed by atoms with Crippen LogP contribution < -0.4 is 5.32 Å². The number of pyridine rings is 2. The Morgan fingerprint density at radius 3 is 2.75 bits per heavy atom. The number of H-pyrrole nitrogens is 1. The number of amides is 2. The molecule has 11 nitrogen and oxygen atoms in total. The van der Waals surface area contributed by atoms with E-state index in [-0.39, 0.29) is 29.6 Å². The molecule has 6 rings (SSSR count). The van der Waals surface area contributed by atoms with E-state index in [4.69, 9.17) is 0 Å². The molecule has 5 heterocycles. The molecule has 1 saturated carbocycles. The SMILES string of the molecule is C=CC(=O)N1CC2CC1C(n1cc(-c3ccc(NC(=O)c4cccc(-c5ccn[nH]5)n4)nc3)nn1)C2. The van der Waals surface area contributed by atoms with Crippen molar-refractivity contribution in [1.82, 2.24) is 40.1 Å². The molecule has 0 aromatic carbocycles. The Morgan fingerprint density at radius 2 is 2.00 bits per heavy atom. The van der Waals surface area contributed by atoms with E-state index in [1.54, 1.807) is 42.7 Å². The average molecular weight is 482 g/mol. The van der Waals surface area contributed by atoms with Gasteiger partial charge in [-0.1, -0.05) is 17.9 Å². The summed E-state index contributed by atoms with van der Waals surface area (Å²) < 4.78 is 1.86. The van der Waals surface area contributed by atoms with Crippen molar-refractivity contribution in [3.8, 4) is 22.6 Å². The average Bonchev–Trinajstić information content (AvgIpc) is 3.73. The van der Waals surface area contributed by atoms with Crippen LogP contribution in [0.3, 0.4) is 0 Å². The van der Waals surface area contributed by atoms with Crippen LogP contribution in [0.5, 0.6) is 0 Å². The van der Waals surface area contributed by atoms with E-state index in [1.807, 2.05) is 21.8 Å². The Balaban J connectivity index is 1.14. The fraction of sp³-hybridized carbons (Fsp3) is 0.240. The fourth-order valence-corrected chi connectivity index (χ4v) is 5.13. The molecule has 4 aromatic heterocycles. The van der Waals surface area contributed by atoms with E-state index in [0.29, 0.717) is 23.1 Å². The van der Waals surface area contributed by atoms with Crippen LogP contribution in [0.4, 0.5) is 5.82 Å². The Morgan fingerprint density at radius 1 is 1.11 bits per heavy atom. The van der Waals surface area contributed by atoms with Crippen molar-refractivity contribution in [2.24, 2.45) is 5.92 Å². The van der Waals surface area contributed by atoms with Crippen LogP contribution in [0.15, 0.2) is 67.6 Å². The van der Waals surface area contributed by atoms with Gasteiger partial charge in [0.25, 0.3) is 5.91 Å². The summed E-state index contributed by atoms with van der Waals surface area (Å²) in [5, 5.41) is 18.2. The molecule has 2 fully saturated rings. The van der Waals surface area contributed by atoms with Crippen molar-refractivity contribution in [1.29, 1.82) is 0 Å². The lowest BCUT2D eigenvalue weighted by atomic mass is 10.1. The maximum absolute atomic E-state index is 12.7. The topological polar surface area (TPSA) is 135 Å². The van der Waals surface area contributed by atoms with Gasteiger partial charge in [0.05, 0.1) is 29.7 Å². The molecular formula is C25H23N9O2. The van der Waals surface area contributed by atoms with Crippen molar-refractivity contribution < 1.29 is 9.59 Å². The number of carbonyl (C=O) groups is 2. The third-order valence-corrected chi connectivity index (χ3v) is 6.82. The lowest BCUT2D eigenvalue weighted by Gasteiger charge is -2.32. The van der Waals surface area contributed by atoms with Crippen molar-refractivity contribution in [2.45, 2.75) is 24.9 Å². The minimum atomic E-state index is -0.363. The van der Waals surface area contributed by atoms with E-state index in [1.165, 1.54) is 6.08 Å². The summed E-state index contributed by atoms with van der Waals surface area (Å²) in [6.45, 7) is 4.41. The van der Waals surface area contributed by atoms with Gasteiger partial charge in [0.1, 0.15) is 17.2 Å². The van der Waals surface area contributed by atoms with E-state index in [2.05, 4.69) is 42.4 Å². The number of hydrogen-bond donors (Lipinski definition) is 2. The van der Waals surface area contributed by atoms with Crippen LogP contribution in [-0.2, 0) is 4.79 Å². The highest BCUT2D eigenvalue weighted by molar-refractivity contribution is 6.02. The molecule has 1 aliphatic carbocycles. The first-order valence-electron chi connectivity index (χ1n) is 11.7. The Bertz CT molecular complexity index is 1430. The van der Waals surface area contributed by atoms with Crippen LogP contribution in [0.2, 0.25) is 0 Å². The monoisotopic (exact) mass is 481 g/mol. The van der Waals surface area contributed by atoms with Crippen LogP contribution in [0, 0.1) is 5.92 Å². The summed E-state index contributed by atoms with van der Waals surface area (Å²) >= 11 is 0. The second-order valence-corrected chi connectivity index (χ2v) is 9.02. The number of piperidine rings is 1. The Hall–Kier alpha value is -4.67. The minimum Gasteiger partial charge on any atom is -0.334 e. The molecule has 2 N–H and O–H groups in total. The van der Waals surface area contributed by atoms with Crippen LogP contribution in [-0.4, -0.2) is 64.5 Å². The van der Waals surface area contributed by atoms with Gasteiger partial charge >= 0.3 is 0 Å². The number of nitrogens with zero attached hydrogens (tertiary/aromatic N) is 7. The van der Waals surface area contributed by atoms with Gasteiger partial charge in [-0.25, -0.2) is 14.6 Å². The number of nitrogens with one attached hydrogen (secondary N) is 2. The third-order valence-electron chi connectivity index (χ3n) is 6.82. The van der Waals surface area contributed by atoms with E-state index >= 15 is 0 Å². The van der Waals surface area contributed by atoms with Gasteiger partial charge in [-0.2, -0.15) is 5.10 Å². The van der Waals surface area contributed by atoms with Gasteiger partial charge in [-0.3, -0.25) is 14.7 Å². The smallest absolute Gasteiger partial charge is 0.275 e. The summed E-state index contributed by atoms with van der Waals surface area (Å²) in [5.74, 6) is 0.488. The second kappa shape index (κ2) is 8.84. The third kappa shape index (κ3) is 3.94. The normalized spacial score (nSPS) is 20.4. The maximum atomic E-state index is 12.7. The predicted octanol–water partition coefficient (Wildman–Crippen LogP) is 2.73. The summed E-state index contributed by atoms with van der Waals surface area (Å²) in [4.78, 5) is 35.5. The van der Waals surface area contributed by atoms with Gasteiger partial charge < -0.3 is 10.2 Å². The maximum Gasteiger partial charge on any atom is 0.275 e. The van der Waals surface area contributed by atoms with Gasteiger partial charge in [-0.05, 0) is 55.2 Å². The van der Waals surface area contributed by atoms with E-state index in [9.17, 15) is 9.59 Å². The second-order valence-electron chi connectivity index (χ2n) is 9.02. The fourth-order valence-electron chi connectivity index (χ4n) is 5.13. The quantitative estimate of drug-likeness (QED) is 0.404. The number of anilines is 1. The number of fused-ring (bicyclic) bond motifs is 2. The first-order chi connectivity index (χ1) is 17.6. The summed E-state index contributed by atoms with van der Waals surface area (Å²) in [7, 11) is 0. The molecule has 3 atom stereocenters. The highest BCUT2D eigenvalue weighted by Gasteiger charge is 2.47. The zero-order valence-corrected chi connectivity index (χ0v) is 19.3. The Labute approximate surface area is 206 Å². The molecule has 180 valence electrons. The summed E-state index contributed by atoms with van der Waals surface area (Å²) in [6, 6.07) is 10.8. The molecule has 11 heteroatoms. The Kier molecular flexibility index (Phi) is 5.36. The van der Waals surface area contributed by atoms with Crippen LogP contribution in [0.1, 0.15) is 29.4 Å². The molecule has 3 unspecified atom stereocenters. The van der Waals surface area contributed by atoms with E-state index < -0.39 is 0 Å². The molecule has 36 heavy (non-hydrogen) atoms. The molecule has 1 saturated heterocycles. The standard InChI is InChI=1S/C25H23N9O2/c1-2-24(35)33-13-15-10-21(33)22(11-15)34-14-20(31-32-34)16-6-7-23(26-12-16)29-25(36)19-5-3-4-17(28-19)18-8-9-27-30-18/h2-9,12,14-15,21-22H,1,10-11,13H2,(H,27,30)(H,26,29,36). The van der Waals surface area contributed by atoms with Crippen molar-refractivity contribution in [2.75, 3.05) is 11.9 Å². The highest BCUT2D eigenvalue weighted by Crippen LogP contribution is 2.44. The molecule has 2 amide bonds. The van der Waals surface area contributed by atoms with Gasteiger partial charge in [0.2, 0.25) is 5.91 Å². The summed E-state index contributed by atoms with van der Waals surface area (Å²) in [6.07, 6.45) is 8.50. The first-order valence-corrected chi connectivity index (χ1v) is 11.7. The van der Waals surface area contributed by atoms with Crippen molar-refractivity contribution >= 4 is 17.6 Å². The van der Waals surface area contributed by atoms with Crippen molar-refractivity contribution in [3.05, 3.63) is 73.3 Å². The highest BCUT2D eigenvalue weighted by atomic mass is 16.2. The van der Waals surface area contributed by atoms with Crippen LogP contribution >= 0.6 is 0 Å². The number of likely N-dealkylation sites (tertiary alicyclic amines) is 1. The minimum absolute atomic E-state index is 0.0300. The van der Waals surface area contributed by atoms with Gasteiger partial charge in [-0.15, -0.1) is 5.10 Å². The van der Waals surface area contributed by atoms with Gasteiger partial charge in [0, 0.05) is 24.5 Å². The molecule has 4 aromatic rings. The largest absolute Gasteiger partial charge is 0.334 e. The number of hydrogen-bond acceptors (Lipinski definition) is 7. The lowest BCUT2D eigenvalue weighted by Crippen LogP contribution is -2.42. The van der Waals surface area contributed by atoms with Crippen molar-refractivity contribution in [3.63, 3.8) is 0 Å². The number of aromatic nitrogens is 7. The lowest BCUT2D eigenvalue weighted by molar-refractivity contribution is -0.128. The molecular weight excluding hydrogens is 458 g/mol. The van der Waals surface area contributed by atoms with Crippen LogP contribution in [0.25, 0.3) is 22.6 Å². The molecule has 0 radical (unpaired) electrons. The molecule has 1 aliphatic heterocycles. The predicted molar refractivity (Wildman–Crippen MR) is 130 cm³/mol. The number of aromatic amines is 1. The molecule has 0 spiro atoms. The first kappa shape index (κ1) is 21.8. The molecule has 2 aliphatic rings. The number of rotatable bonds is 6. The zero-order valence-electron chi connectivity index (χ0n) is 19.3. The summed E-state index contributed by atoms with van der Waals surface area (Å²) in [5.41, 5.74) is 3.08.